The number of carboxylic acids is 1. The molecule has 1 aliphatic rings. The molecular formula is C21H20BrN3O4S. The van der Waals surface area contributed by atoms with Gasteiger partial charge in [0.05, 0.1) is 16.6 Å². The smallest absolute Gasteiger partial charge is 0.348 e. The molecule has 1 aromatic carbocycles. The number of halogens is 1. The minimum Gasteiger partial charge on any atom is -0.478 e. The number of hydrogen-bond donors (Lipinski definition) is 2. The number of carbonyl (C=O) groups excluding carboxylic acids is 1. The Kier molecular flexibility index (Phi) is 6.01. The van der Waals surface area contributed by atoms with Crippen molar-refractivity contribution in [3.8, 4) is 0 Å². The highest BCUT2D eigenvalue weighted by molar-refractivity contribution is 9.10. The molecule has 1 saturated carbocycles. The number of fused-ring (bicyclic) bond motifs is 1. The zero-order chi connectivity index (χ0) is 21.3. The number of rotatable bonds is 5. The number of aryl methyl sites for hydroxylation is 1. The second kappa shape index (κ2) is 8.69. The molecule has 2 aromatic heterocycles. The van der Waals surface area contributed by atoms with E-state index >= 15 is 0 Å². The number of aromatic carboxylic acids is 1. The van der Waals surface area contributed by atoms with Crippen LogP contribution in [0.2, 0.25) is 0 Å². The van der Waals surface area contributed by atoms with Crippen LogP contribution in [0, 0.1) is 6.92 Å². The molecule has 0 spiro atoms. The van der Waals surface area contributed by atoms with E-state index in [1.807, 2.05) is 6.92 Å². The molecule has 0 radical (unpaired) electrons. The lowest BCUT2D eigenvalue weighted by Crippen LogP contribution is -2.20. The van der Waals surface area contributed by atoms with E-state index in [-0.39, 0.29) is 17.6 Å². The SMILES string of the molecule is Cc1c(C(=O)OC2CCCCC2)sc2ncnc(Nc3ccc(Br)cc3C(=O)O)c12. The monoisotopic (exact) mass is 489 g/mol. The number of nitrogens with zero attached hydrogens (tertiary/aromatic N) is 2. The molecule has 30 heavy (non-hydrogen) atoms. The Bertz CT molecular complexity index is 1120. The van der Waals surface area contributed by atoms with Gasteiger partial charge in [0.1, 0.15) is 28.0 Å². The van der Waals surface area contributed by atoms with Gasteiger partial charge in [-0.05, 0) is 56.4 Å². The maximum atomic E-state index is 12.8. The van der Waals surface area contributed by atoms with Crippen molar-refractivity contribution in [1.29, 1.82) is 0 Å². The van der Waals surface area contributed by atoms with Gasteiger partial charge < -0.3 is 15.2 Å². The first-order valence-electron chi connectivity index (χ1n) is 9.69. The lowest BCUT2D eigenvalue weighted by molar-refractivity contribution is 0.0216. The highest BCUT2D eigenvalue weighted by Gasteiger charge is 2.24. The van der Waals surface area contributed by atoms with Crippen LogP contribution >= 0.6 is 27.3 Å². The van der Waals surface area contributed by atoms with Crippen molar-refractivity contribution in [3.63, 3.8) is 0 Å². The average molecular weight is 490 g/mol. The molecule has 4 rings (SSSR count). The van der Waals surface area contributed by atoms with E-state index in [0.29, 0.717) is 31.1 Å². The summed E-state index contributed by atoms with van der Waals surface area (Å²) in [6.07, 6.45) is 6.54. The second-order valence-corrected chi connectivity index (χ2v) is 9.16. The molecule has 7 nitrogen and oxygen atoms in total. The molecule has 0 aliphatic heterocycles. The minimum absolute atomic E-state index is 0.0274. The fourth-order valence-corrected chi connectivity index (χ4v) is 5.07. The molecule has 9 heteroatoms. The third kappa shape index (κ3) is 4.17. The molecule has 0 amide bonds. The van der Waals surface area contributed by atoms with Crippen LogP contribution in [-0.4, -0.2) is 33.1 Å². The quantitative estimate of drug-likeness (QED) is 0.443. The minimum atomic E-state index is -1.05. The van der Waals surface area contributed by atoms with Crippen molar-refractivity contribution in [1.82, 2.24) is 9.97 Å². The zero-order valence-electron chi connectivity index (χ0n) is 16.3. The molecular weight excluding hydrogens is 470 g/mol. The Morgan fingerprint density at radius 3 is 2.73 bits per heavy atom. The van der Waals surface area contributed by atoms with Crippen LogP contribution in [0.3, 0.4) is 0 Å². The van der Waals surface area contributed by atoms with Gasteiger partial charge in [-0.15, -0.1) is 11.3 Å². The van der Waals surface area contributed by atoms with Crippen LogP contribution in [0.15, 0.2) is 29.0 Å². The third-order valence-corrected chi connectivity index (χ3v) is 6.88. The molecule has 0 unspecified atom stereocenters. The Labute approximate surface area is 185 Å². The van der Waals surface area contributed by atoms with Gasteiger partial charge in [-0.1, -0.05) is 22.4 Å². The lowest BCUT2D eigenvalue weighted by atomic mass is 9.98. The first-order chi connectivity index (χ1) is 14.4. The van der Waals surface area contributed by atoms with Crippen LogP contribution in [0.25, 0.3) is 10.2 Å². The van der Waals surface area contributed by atoms with Crippen molar-refractivity contribution in [2.45, 2.75) is 45.1 Å². The van der Waals surface area contributed by atoms with Crippen LogP contribution < -0.4 is 5.32 Å². The third-order valence-electron chi connectivity index (χ3n) is 5.20. The normalized spacial score (nSPS) is 14.6. The Balaban J connectivity index is 1.68. The van der Waals surface area contributed by atoms with Crippen molar-refractivity contribution in [2.75, 3.05) is 5.32 Å². The van der Waals surface area contributed by atoms with Crippen LogP contribution in [0.1, 0.15) is 57.7 Å². The van der Waals surface area contributed by atoms with Gasteiger partial charge in [-0.3, -0.25) is 0 Å². The molecule has 0 saturated heterocycles. The molecule has 2 heterocycles. The summed E-state index contributed by atoms with van der Waals surface area (Å²) in [5.41, 5.74) is 1.25. The molecule has 0 atom stereocenters. The number of aromatic nitrogens is 2. The summed E-state index contributed by atoms with van der Waals surface area (Å²) in [6.45, 7) is 1.84. The van der Waals surface area contributed by atoms with E-state index in [9.17, 15) is 14.7 Å². The van der Waals surface area contributed by atoms with E-state index in [2.05, 4.69) is 31.2 Å². The predicted molar refractivity (Wildman–Crippen MR) is 119 cm³/mol. The number of nitrogens with one attached hydrogen (secondary N) is 1. The summed E-state index contributed by atoms with van der Waals surface area (Å²) in [5.74, 6) is -0.929. The van der Waals surface area contributed by atoms with Crippen LogP contribution in [0.5, 0.6) is 0 Å². The molecule has 1 aliphatic carbocycles. The summed E-state index contributed by atoms with van der Waals surface area (Å²) < 4.78 is 6.39. The largest absolute Gasteiger partial charge is 0.478 e. The van der Waals surface area contributed by atoms with Crippen molar-refractivity contribution in [3.05, 3.63) is 45.0 Å². The van der Waals surface area contributed by atoms with Crippen LogP contribution in [-0.2, 0) is 4.74 Å². The number of carboxylic acid groups (broad SMARTS) is 1. The lowest BCUT2D eigenvalue weighted by Gasteiger charge is -2.21. The summed E-state index contributed by atoms with van der Waals surface area (Å²) in [7, 11) is 0. The topological polar surface area (TPSA) is 101 Å². The highest BCUT2D eigenvalue weighted by atomic mass is 79.9. The van der Waals surface area contributed by atoms with E-state index in [1.165, 1.54) is 30.2 Å². The fourth-order valence-electron chi connectivity index (χ4n) is 3.68. The molecule has 1 fully saturated rings. The van der Waals surface area contributed by atoms with Gasteiger partial charge in [-0.25, -0.2) is 19.6 Å². The van der Waals surface area contributed by atoms with E-state index in [0.717, 1.165) is 31.2 Å². The average Bonchev–Trinajstić information content (AvgIpc) is 3.07. The Morgan fingerprint density at radius 2 is 2.00 bits per heavy atom. The van der Waals surface area contributed by atoms with Gasteiger partial charge in [0.25, 0.3) is 0 Å². The summed E-state index contributed by atoms with van der Waals surface area (Å²) in [5, 5.41) is 13.3. The molecule has 156 valence electrons. The number of anilines is 2. The standard InChI is InChI=1S/C21H20BrN3O4S/c1-11-16-18(25-15-8-7-12(22)9-14(15)20(26)27)23-10-24-19(16)30-17(11)21(28)29-13-5-3-2-4-6-13/h7-10,13H,2-6H2,1H3,(H,26,27)(H,23,24,25). The summed E-state index contributed by atoms with van der Waals surface area (Å²) >= 11 is 4.56. The summed E-state index contributed by atoms with van der Waals surface area (Å²) in [4.78, 5) is 34.2. The van der Waals surface area contributed by atoms with E-state index in [1.54, 1.807) is 12.1 Å². The van der Waals surface area contributed by atoms with Gasteiger partial charge in [0.15, 0.2) is 0 Å². The molecule has 2 N–H and O–H groups in total. The van der Waals surface area contributed by atoms with E-state index in [4.69, 9.17) is 4.74 Å². The second-order valence-electron chi connectivity index (χ2n) is 7.24. The van der Waals surface area contributed by atoms with Gasteiger partial charge >= 0.3 is 11.9 Å². The number of carbonyl (C=O) groups is 2. The highest BCUT2D eigenvalue weighted by Crippen LogP contribution is 2.36. The first kappa shape index (κ1) is 20.7. The maximum absolute atomic E-state index is 12.8. The number of thiophene rings is 1. The van der Waals surface area contributed by atoms with Gasteiger partial charge in [-0.2, -0.15) is 0 Å². The number of esters is 1. The molecule has 0 bridgehead atoms. The Morgan fingerprint density at radius 1 is 1.23 bits per heavy atom. The molecule has 3 aromatic rings. The predicted octanol–water partition coefficient (Wildman–Crippen LogP) is 5.69. The van der Waals surface area contributed by atoms with Crippen LogP contribution in [0.4, 0.5) is 11.5 Å². The zero-order valence-corrected chi connectivity index (χ0v) is 18.7. The van der Waals surface area contributed by atoms with E-state index < -0.39 is 5.97 Å². The van der Waals surface area contributed by atoms with Crippen molar-refractivity contribution >= 4 is 60.9 Å². The maximum Gasteiger partial charge on any atom is 0.348 e. The summed E-state index contributed by atoms with van der Waals surface area (Å²) in [6, 6.07) is 4.94. The fraction of sp³-hybridized carbons (Fsp3) is 0.333. The van der Waals surface area contributed by atoms with Gasteiger partial charge in [0.2, 0.25) is 0 Å². The van der Waals surface area contributed by atoms with Gasteiger partial charge in [0, 0.05) is 4.47 Å². The Hall–Kier alpha value is -2.52. The first-order valence-corrected chi connectivity index (χ1v) is 11.3. The number of ether oxygens (including phenoxy) is 1. The van der Waals surface area contributed by atoms with Crippen molar-refractivity contribution < 1.29 is 19.4 Å². The van der Waals surface area contributed by atoms with Crippen molar-refractivity contribution in [2.24, 2.45) is 0 Å². The number of hydrogen-bond acceptors (Lipinski definition) is 7. The number of benzene rings is 1.